The van der Waals surface area contributed by atoms with Crippen molar-refractivity contribution >= 4 is 16.8 Å². The minimum absolute atomic E-state index is 0.106. The van der Waals surface area contributed by atoms with Crippen LogP contribution in [0.5, 0.6) is 0 Å². The van der Waals surface area contributed by atoms with Crippen LogP contribution in [0, 0.1) is 0 Å². The molecule has 6 heteroatoms. The highest BCUT2D eigenvalue weighted by molar-refractivity contribution is 5.98. The molecular formula is C24H30N4O2. The van der Waals surface area contributed by atoms with Crippen molar-refractivity contribution in [3.63, 3.8) is 0 Å². The van der Waals surface area contributed by atoms with Crippen LogP contribution in [0.2, 0.25) is 0 Å². The van der Waals surface area contributed by atoms with Gasteiger partial charge in [-0.2, -0.15) is 0 Å². The van der Waals surface area contributed by atoms with Crippen molar-refractivity contribution in [1.29, 1.82) is 0 Å². The Morgan fingerprint density at radius 3 is 2.93 bits per heavy atom. The van der Waals surface area contributed by atoms with E-state index in [1.54, 1.807) is 6.26 Å². The summed E-state index contributed by atoms with van der Waals surface area (Å²) in [4.78, 5) is 18.6. The molecule has 2 aliphatic rings. The number of aromatic amines is 1. The van der Waals surface area contributed by atoms with Crippen LogP contribution in [0.15, 0.2) is 41.1 Å². The first-order chi connectivity index (χ1) is 14.7. The standard InChI is InChI=1S/C24H30N4O2/c1-2-28(24(29)22-12-17-6-3-4-9-21(17)26-22)20-8-5-7-19(13-20)25-14-18-15-30-27-23(18)16-10-11-16/h3-4,6,9,12,15-16,19-20,25-26H,2,5,7-8,10-11,13-14H2,1H3. The Hall–Kier alpha value is -2.60. The average Bonchev–Trinajstić information content (AvgIpc) is 3.34. The number of fused-ring (bicyclic) bond motifs is 1. The van der Waals surface area contributed by atoms with Crippen molar-refractivity contribution in [3.8, 4) is 0 Å². The monoisotopic (exact) mass is 406 g/mol. The van der Waals surface area contributed by atoms with Gasteiger partial charge in [0.05, 0.1) is 5.69 Å². The number of H-pyrrole nitrogens is 1. The summed E-state index contributed by atoms with van der Waals surface area (Å²) in [5, 5.41) is 9.00. The van der Waals surface area contributed by atoms with Gasteiger partial charge in [-0.25, -0.2) is 0 Å². The molecule has 2 unspecified atom stereocenters. The van der Waals surface area contributed by atoms with E-state index in [2.05, 4.69) is 22.4 Å². The number of carbonyl (C=O) groups excluding carboxylic acids is 1. The molecule has 6 nitrogen and oxygen atoms in total. The molecule has 0 bridgehead atoms. The van der Waals surface area contributed by atoms with Gasteiger partial charge >= 0.3 is 0 Å². The number of para-hydroxylation sites is 1. The molecule has 2 N–H and O–H groups in total. The van der Waals surface area contributed by atoms with Crippen LogP contribution in [0.1, 0.15) is 73.1 Å². The molecule has 158 valence electrons. The topological polar surface area (TPSA) is 74.2 Å². The SMILES string of the molecule is CCN(C(=O)c1cc2ccccc2[nH]1)C1CCCC(NCc2conc2C2CC2)C1. The number of aromatic nitrogens is 2. The maximum Gasteiger partial charge on any atom is 0.270 e. The minimum atomic E-state index is 0.106. The van der Waals surface area contributed by atoms with Gasteiger partial charge in [-0.05, 0) is 57.6 Å². The molecule has 30 heavy (non-hydrogen) atoms. The van der Waals surface area contributed by atoms with Crippen LogP contribution < -0.4 is 5.32 Å². The third-order valence-corrected chi connectivity index (χ3v) is 6.67. The second-order valence-electron chi connectivity index (χ2n) is 8.76. The lowest BCUT2D eigenvalue weighted by atomic mass is 9.89. The maximum atomic E-state index is 13.3. The Morgan fingerprint density at radius 2 is 2.13 bits per heavy atom. The predicted molar refractivity (Wildman–Crippen MR) is 116 cm³/mol. The van der Waals surface area contributed by atoms with Crippen LogP contribution in [0.4, 0.5) is 0 Å². The van der Waals surface area contributed by atoms with E-state index in [1.807, 2.05) is 35.2 Å². The van der Waals surface area contributed by atoms with Gasteiger partial charge in [0.15, 0.2) is 0 Å². The normalized spacial score (nSPS) is 21.8. The number of amides is 1. The molecule has 3 aromatic rings. The van der Waals surface area contributed by atoms with Crippen LogP contribution >= 0.6 is 0 Å². The molecule has 2 saturated carbocycles. The largest absolute Gasteiger partial charge is 0.364 e. The lowest BCUT2D eigenvalue weighted by molar-refractivity contribution is 0.0623. The first-order valence-corrected chi connectivity index (χ1v) is 11.3. The Balaban J connectivity index is 1.24. The second kappa shape index (κ2) is 8.26. The summed E-state index contributed by atoms with van der Waals surface area (Å²) in [5.74, 6) is 0.707. The molecule has 2 heterocycles. The highest BCUT2D eigenvalue weighted by atomic mass is 16.5. The van der Waals surface area contributed by atoms with E-state index in [1.165, 1.54) is 18.4 Å². The molecule has 0 radical (unpaired) electrons. The van der Waals surface area contributed by atoms with E-state index in [0.29, 0.717) is 17.7 Å². The molecular weight excluding hydrogens is 376 g/mol. The summed E-state index contributed by atoms with van der Waals surface area (Å²) in [6.07, 6.45) is 8.59. The zero-order valence-corrected chi connectivity index (χ0v) is 17.6. The first kappa shape index (κ1) is 19.4. The minimum Gasteiger partial charge on any atom is -0.364 e. The number of benzene rings is 1. The molecule has 0 saturated heterocycles. The van der Waals surface area contributed by atoms with Gasteiger partial charge in [0, 0.05) is 47.6 Å². The number of hydrogen-bond donors (Lipinski definition) is 2. The highest BCUT2D eigenvalue weighted by Gasteiger charge is 2.32. The van der Waals surface area contributed by atoms with E-state index in [-0.39, 0.29) is 11.9 Å². The highest BCUT2D eigenvalue weighted by Crippen LogP contribution is 2.40. The van der Waals surface area contributed by atoms with Crippen molar-refractivity contribution in [1.82, 2.24) is 20.4 Å². The van der Waals surface area contributed by atoms with Gasteiger partial charge in [-0.15, -0.1) is 0 Å². The second-order valence-corrected chi connectivity index (χ2v) is 8.76. The number of nitrogens with zero attached hydrogens (tertiary/aromatic N) is 2. The fraction of sp³-hybridized carbons (Fsp3) is 0.500. The van der Waals surface area contributed by atoms with Crippen molar-refractivity contribution in [3.05, 3.63) is 53.5 Å². The van der Waals surface area contributed by atoms with Gasteiger partial charge in [0.2, 0.25) is 0 Å². The fourth-order valence-electron chi connectivity index (χ4n) is 4.89. The van der Waals surface area contributed by atoms with Crippen molar-refractivity contribution < 1.29 is 9.32 Å². The van der Waals surface area contributed by atoms with Crippen LogP contribution in [-0.2, 0) is 6.54 Å². The molecule has 0 aliphatic heterocycles. The summed E-state index contributed by atoms with van der Waals surface area (Å²) in [6, 6.07) is 10.7. The summed E-state index contributed by atoms with van der Waals surface area (Å²) >= 11 is 0. The van der Waals surface area contributed by atoms with E-state index < -0.39 is 0 Å². The van der Waals surface area contributed by atoms with Crippen LogP contribution in [0.25, 0.3) is 10.9 Å². The molecule has 2 atom stereocenters. The van der Waals surface area contributed by atoms with E-state index >= 15 is 0 Å². The van der Waals surface area contributed by atoms with Crippen molar-refractivity contribution in [2.24, 2.45) is 0 Å². The zero-order chi connectivity index (χ0) is 20.5. The van der Waals surface area contributed by atoms with Crippen molar-refractivity contribution in [2.45, 2.75) is 70.0 Å². The van der Waals surface area contributed by atoms with Crippen LogP contribution in [-0.4, -0.2) is 39.6 Å². The zero-order valence-electron chi connectivity index (χ0n) is 17.6. The van der Waals surface area contributed by atoms with Crippen molar-refractivity contribution in [2.75, 3.05) is 6.54 Å². The van der Waals surface area contributed by atoms with Gasteiger partial charge in [0.25, 0.3) is 5.91 Å². The maximum absolute atomic E-state index is 13.3. The quantitative estimate of drug-likeness (QED) is 0.601. The number of rotatable bonds is 7. The number of nitrogens with one attached hydrogen (secondary N) is 2. The molecule has 1 aromatic carbocycles. The Labute approximate surface area is 177 Å². The third kappa shape index (κ3) is 3.88. The molecule has 1 amide bonds. The summed E-state index contributed by atoms with van der Waals surface area (Å²) in [7, 11) is 0. The summed E-state index contributed by atoms with van der Waals surface area (Å²) < 4.78 is 5.22. The average molecular weight is 407 g/mol. The van der Waals surface area contributed by atoms with Gasteiger partial charge in [-0.1, -0.05) is 23.4 Å². The number of hydrogen-bond acceptors (Lipinski definition) is 4. The lowest BCUT2D eigenvalue weighted by Gasteiger charge is -2.37. The summed E-state index contributed by atoms with van der Waals surface area (Å²) in [6.45, 7) is 3.61. The molecule has 2 fully saturated rings. The molecule has 0 spiro atoms. The Kier molecular flexibility index (Phi) is 5.34. The Morgan fingerprint density at radius 1 is 1.27 bits per heavy atom. The van der Waals surface area contributed by atoms with E-state index in [0.717, 1.165) is 55.4 Å². The lowest BCUT2D eigenvalue weighted by Crippen LogP contribution is -2.46. The predicted octanol–water partition coefficient (Wildman–Crippen LogP) is 4.60. The molecule has 2 aliphatic carbocycles. The molecule has 5 rings (SSSR count). The smallest absolute Gasteiger partial charge is 0.270 e. The van der Waals surface area contributed by atoms with Gasteiger partial charge in [0.1, 0.15) is 12.0 Å². The summed E-state index contributed by atoms with van der Waals surface area (Å²) in [5.41, 5.74) is 4.03. The molecule has 2 aromatic heterocycles. The fourth-order valence-corrected chi connectivity index (χ4v) is 4.89. The van der Waals surface area contributed by atoms with Gasteiger partial charge in [-0.3, -0.25) is 4.79 Å². The van der Waals surface area contributed by atoms with E-state index in [4.69, 9.17) is 4.52 Å². The Bertz CT molecular complexity index is 986. The first-order valence-electron chi connectivity index (χ1n) is 11.3. The van der Waals surface area contributed by atoms with Gasteiger partial charge < -0.3 is 19.7 Å². The van der Waals surface area contributed by atoms with Crippen LogP contribution in [0.3, 0.4) is 0 Å². The van der Waals surface area contributed by atoms with E-state index in [9.17, 15) is 4.79 Å². The number of carbonyl (C=O) groups is 1. The third-order valence-electron chi connectivity index (χ3n) is 6.67.